The molecule has 0 saturated carbocycles. The van der Waals surface area contributed by atoms with Crippen LogP contribution in [0.25, 0.3) is 21.8 Å². The highest BCUT2D eigenvalue weighted by atomic mass is 16.5. The van der Waals surface area contributed by atoms with E-state index in [0.717, 1.165) is 45.5 Å². The number of primary amides is 1. The number of aromatic nitrogens is 5. The SMILES string of the molecule is COc1ccc(Cn2c(CCc3c[nH]c4ccccc34)nnc2C(Cc2c[nH]c3ccccc23)C(N)C(N)=O)cc1. The zero-order chi connectivity index (χ0) is 28.3. The summed E-state index contributed by atoms with van der Waals surface area (Å²) in [5.74, 6) is 1.20. The molecule has 0 spiro atoms. The first kappa shape index (κ1) is 26.3. The molecule has 3 heterocycles. The van der Waals surface area contributed by atoms with E-state index in [1.54, 1.807) is 7.11 Å². The number of carbonyl (C=O) groups is 1. The fourth-order valence-corrected chi connectivity index (χ4v) is 5.59. The van der Waals surface area contributed by atoms with Gasteiger partial charge in [-0.15, -0.1) is 10.2 Å². The number of ether oxygens (including phenoxy) is 1. The Hall–Kier alpha value is -4.89. The molecular weight excluding hydrogens is 514 g/mol. The fraction of sp³-hybridized carbons (Fsp3) is 0.219. The Kier molecular flexibility index (Phi) is 7.26. The van der Waals surface area contributed by atoms with E-state index in [2.05, 4.69) is 49.1 Å². The summed E-state index contributed by atoms with van der Waals surface area (Å²) in [7, 11) is 1.65. The highest BCUT2D eigenvalue weighted by Crippen LogP contribution is 2.29. The third kappa shape index (κ3) is 5.31. The van der Waals surface area contributed by atoms with Crippen molar-refractivity contribution >= 4 is 27.7 Å². The number of fused-ring (bicyclic) bond motifs is 2. The van der Waals surface area contributed by atoms with Gasteiger partial charge in [0.15, 0.2) is 0 Å². The fourth-order valence-electron chi connectivity index (χ4n) is 5.59. The molecule has 0 aliphatic carbocycles. The molecule has 0 aliphatic heterocycles. The monoisotopic (exact) mass is 547 g/mol. The van der Waals surface area contributed by atoms with Gasteiger partial charge in [-0.05, 0) is 53.8 Å². The molecule has 0 aliphatic rings. The van der Waals surface area contributed by atoms with Crippen molar-refractivity contribution in [1.82, 2.24) is 24.7 Å². The van der Waals surface area contributed by atoms with E-state index in [0.29, 0.717) is 25.2 Å². The average molecular weight is 548 g/mol. The molecule has 9 heteroatoms. The Morgan fingerprint density at radius 3 is 2.17 bits per heavy atom. The summed E-state index contributed by atoms with van der Waals surface area (Å²) in [6, 6.07) is 23.3. The van der Waals surface area contributed by atoms with E-state index in [1.807, 2.05) is 60.8 Å². The number of carbonyl (C=O) groups excluding carboxylic acids is 1. The summed E-state index contributed by atoms with van der Waals surface area (Å²) >= 11 is 0. The van der Waals surface area contributed by atoms with Gasteiger partial charge in [0.2, 0.25) is 5.91 Å². The van der Waals surface area contributed by atoms with E-state index in [-0.39, 0.29) is 0 Å². The highest BCUT2D eigenvalue weighted by Gasteiger charge is 2.31. The number of aromatic amines is 2. The second-order valence-corrected chi connectivity index (χ2v) is 10.4. The summed E-state index contributed by atoms with van der Waals surface area (Å²) in [5.41, 5.74) is 17.7. The lowest BCUT2D eigenvalue weighted by atomic mass is 9.91. The molecule has 208 valence electrons. The molecular formula is C32H33N7O2. The quantitative estimate of drug-likeness (QED) is 0.192. The minimum atomic E-state index is -0.941. The van der Waals surface area contributed by atoms with Gasteiger partial charge in [-0.2, -0.15) is 0 Å². The van der Waals surface area contributed by atoms with Gasteiger partial charge in [0, 0.05) is 46.5 Å². The maximum atomic E-state index is 12.5. The van der Waals surface area contributed by atoms with E-state index in [1.165, 1.54) is 10.9 Å². The van der Waals surface area contributed by atoms with Crippen LogP contribution in [0, 0.1) is 0 Å². The van der Waals surface area contributed by atoms with E-state index in [4.69, 9.17) is 16.2 Å². The summed E-state index contributed by atoms with van der Waals surface area (Å²) in [6.07, 6.45) is 5.94. The molecule has 6 aromatic rings. The lowest BCUT2D eigenvalue weighted by molar-refractivity contribution is -0.119. The average Bonchev–Trinajstić information content (AvgIpc) is 3.72. The number of hydrogen-bond donors (Lipinski definition) is 4. The number of H-pyrrole nitrogens is 2. The molecule has 3 aromatic carbocycles. The van der Waals surface area contributed by atoms with Crippen LogP contribution in [0.3, 0.4) is 0 Å². The Bertz CT molecular complexity index is 1800. The molecule has 41 heavy (non-hydrogen) atoms. The second-order valence-electron chi connectivity index (χ2n) is 10.4. The normalized spacial score (nSPS) is 13.0. The molecule has 0 bridgehead atoms. The summed E-state index contributed by atoms with van der Waals surface area (Å²) in [6.45, 7) is 0.519. The van der Waals surface area contributed by atoms with Gasteiger partial charge in [-0.3, -0.25) is 4.79 Å². The molecule has 2 atom stereocenters. The van der Waals surface area contributed by atoms with Gasteiger partial charge in [-0.1, -0.05) is 48.5 Å². The highest BCUT2D eigenvalue weighted by molar-refractivity contribution is 5.84. The van der Waals surface area contributed by atoms with Crippen LogP contribution in [0.4, 0.5) is 0 Å². The maximum Gasteiger partial charge on any atom is 0.235 e. The Morgan fingerprint density at radius 2 is 1.51 bits per heavy atom. The van der Waals surface area contributed by atoms with Gasteiger partial charge in [0.25, 0.3) is 0 Å². The number of aryl methyl sites for hydroxylation is 2. The minimum Gasteiger partial charge on any atom is -0.497 e. The van der Waals surface area contributed by atoms with Crippen LogP contribution in [0.15, 0.2) is 85.2 Å². The molecule has 1 amide bonds. The molecule has 6 N–H and O–H groups in total. The van der Waals surface area contributed by atoms with Crippen LogP contribution in [0.5, 0.6) is 5.75 Å². The largest absolute Gasteiger partial charge is 0.497 e. The smallest absolute Gasteiger partial charge is 0.235 e. The van der Waals surface area contributed by atoms with Gasteiger partial charge in [0.05, 0.1) is 19.7 Å². The van der Waals surface area contributed by atoms with Crippen LogP contribution in [0.2, 0.25) is 0 Å². The van der Waals surface area contributed by atoms with E-state index in [9.17, 15) is 4.79 Å². The number of benzene rings is 3. The molecule has 0 fully saturated rings. The first-order valence-corrected chi connectivity index (χ1v) is 13.7. The van der Waals surface area contributed by atoms with Crippen molar-refractivity contribution in [3.63, 3.8) is 0 Å². The van der Waals surface area contributed by atoms with Crippen molar-refractivity contribution in [1.29, 1.82) is 0 Å². The van der Waals surface area contributed by atoms with E-state index < -0.39 is 17.9 Å². The summed E-state index contributed by atoms with van der Waals surface area (Å²) in [4.78, 5) is 19.1. The molecule has 0 radical (unpaired) electrons. The lowest BCUT2D eigenvalue weighted by Gasteiger charge is -2.22. The van der Waals surface area contributed by atoms with Crippen molar-refractivity contribution in [3.05, 3.63) is 114 Å². The topological polar surface area (TPSA) is 141 Å². The summed E-state index contributed by atoms with van der Waals surface area (Å²) < 4.78 is 7.45. The molecule has 6 rings (SSSR count). The van der Waals surface area contributed by atoms with Crippen LogP contribution < -0.4 is 16.2 Å². The predicted octanol–water partition coefficient (Wildman–Crippen LogP) is 4.22. The molecule has 0 saturated heterocycles. The third-order valence-electron chi connectivity index (χ3n) is 7.86. The minimum absolute atomic E-state index is 0.473. The van der Waals surface area contributed by atoms with Crippen LogP contribution in [-0.2, 0) is 30.6 Å². The van der Waals surface area contributed by atoms with Gasteiger partial charge >= 0.3 is 0 Å². The zero-order valence-electron chi connectivity index (χ0n) is 22.9. The van der Waals surface area contributed by atoms with Crippen molar-refractivity contribution in [2.75, 3.05) is 7.11 Å². The number of hydrogen-bond acceptors (Lipinski definition) is 5. The van der Waals surface area contributed by atoms with Crippen molar-refractivity contribution in [2.45, 2.75) is 37.8 Å². The number of nitrogens with two attached hydrogens (primary N) is 2. The maximum absolute atomic E-state index is 12.5. The van der Waals surface area contributed by atoms with Gasteiger partial charge in [0.1, 0.15) is 17.4 Å². The Labute approximate surface area is 237 Å². The van der Waals surface area contributed by atoms with Crippen molar-refractivity contribution in [2.24, 2.45) is 11.5 Å². The summed E-state index contributed by atoms with van der Waals surface area (Å²) in [5, 5.41) is 11.6. The van der Waals surface area contributed by atoms with Gasteiger partial charge in [-0.25, -0.2) is 0 Å². The predicted molar refractivity (Wildman–Crippen MR) is 160 cm³/mol. The number of rotatable bonds is 11. The first-order valence-electron chi connectivity index (χ1n) is 13.7. The Balaban J connectivity index is 1.38. The van der Waals surface area contributed by atoms with Crippen molar-refractivity contribution < 1.29 is 9.53 Å². The number of nitrogens with one attached hydrogen (secondary N) is 2. The second kappa shape index (κ2) is 11.3. The number of nitrogens with zero attached hydrogens (tertiary/aromatic N) is 3. The first-order chi connectivity index (χ1) is 20.0. The van der Waals surface area contributed by atoms with Crippen LogP contribution in [-0.4, -0.2) is 43.8 Å². The van der Waals surface area contributed by atoms with Gasteiger partial charge < -0.3 is 30.7 Å². The number of amides is 1. The number of para-hydroxylation sites is 2. The molecule has 2 unspecified atom stereocenters. The molecule has 9 nitrogen and oxygen atoms in total. The van der Waals surface area contributed by atoms with E-state index >= 15 is 0 Å². The van der Waals surface area contributed by atoms with Crippen molar-refractivity contribution in [3.8, 4) is 5.75 Å². The lowest BCUT2D eigenvalue weighted by Crippen LogP contribution is -2.43. The van der Waals surface area contributed by atoms with Crippen LogP contribution in [0.1, 0.15) is 34.3 Å². The zero-order valence-corrected chi connectivity index (χ0v) is 22.9. The standard InChI is InChI=1S/C32H33N7O2/c1-41-23-13-10-20(11-14-23)19-39-29(15-12-21-17-35-27-8-4-2-6-24(21)27)37-38-32(39)26(30(33)31(34)40)16-22-18-36-28-9-5-3-7-25(22)28/h2-11,13-14,17-18,26,30,35-36H,12,15-16,19,33H2,1H3,(H2,34,40). The number of methoxy groups -OCH3 is 1. The third-order valence-corrected chi connectivity index (χ3v) is 7.86. The Morgan fingerprint density at radius 1 is 0.878 bits per heavy atom. The van der Waals surface area contributed by atoms with Crippen LogP contribution >= 0.6 is 0 Å². The molecule has 3 aromatic heterocycles.